The molecule has 0 fully saturated rings. The van der Waals surface area contributed by atoms with Crippen molar-refractivity contribution in [1.82, 2.24) is 4.98 Å². The third-order valence-electron chi connectivity index (χ3n) is 4.11. The number of carbonyl (C=O) groups is 1. The maximum absolute atomic E-state index is 12.1. The van der Waals surface area contributed by atoms with E-state index in [-0.39, 0.29) is 19.0 Å². The summed E-state index contributed by atoms with van der Waals surface area (Å²) in [5, 5.41) is 0.985. The molecule has 3 rings (SSSR count). The number of pyridine rings is 1. The van der Waals surface area contributed by atoms with Crippen LogP contribution in [0.25, 0.3) is 11.0 Å². The minimum atomic E-state index is -0.282. The highest BCUT2D eigenvalue weighted by Crippen LogP contribution is 2.29. The van der Waals surface area contributed by atoms with Crippen LogP contribution in [0.1, 0.15) is 42.1 Å². The topological polar surface area (TPSA) is 52.3 Å². The first-order valence-electron chi connectivity index (χ1n) is 8.10. The number of aromatic nitrogens is 1. The number of rotatable bonds is 5. The van der Waals surface area contributed by atoms with Crippen LogP contribution in [0, 0.1) is 6.92 Å². The van der Waals surface area contributed by atoms with E-state index < -0.39 is 0 Å². The zero-order valence-electron chi connectivity index (χ0n) is 14.2. The number of furan rings is 1. The third-order valence-corrected chi connectivity index (χ3v) is 4.11. The normalized spacial score (nSPS) is 11.2. The summed E-state index contributed by atoms with van der Waals surface area (Å²) in [5.74, 6) is 0.142. The van der Waals surface area contributed by atoms with Gasteiger partial charge in [0.2, 0.25) is 0 Å². The molecular formula is C20H21NO3. The zero-order valence-corrected chi connectivity index (χ0v) is 14.2. The minimum absolute atomic E-state index is 0.186. The Morgan fingerprint density at radius 1 is 1.29 bits per heavy atom. The molecule has 124 valence electrons. The summed E-state index contributed by atoms with van der Waals surface area (Å²) in [6, 6.07) is 9.69. The number of ether oxygens (including phenoxy) is 1. The predicted octanol–water partition coefficient (Wildman–Crippen LogP) is 4.55. The highest BCUT2D eigenvalue weighted by atomic mass is 16.5. The summed E-state index contributed by atoms with van der Waals surface area (Å²) >= 11 is 0. The van der Waals surface area contributed by atoms with Crippen molar-refractivity contribution in [2.45, 2.75) is 39.7 Å². The lowest BCUT2D eigenvalue weighted by Gasteiger charge is -2.10. The Labute approximate surface area is 141 Å². The lowest BCUT2D eigenvalue weighted by molar-refractivity contribution is -0.144. The van der Waals surface area contributed by atoms with Crippen LogP contribution in [0.3, 0.4) is 0 Å². The fourth-order valence-corrected chi connectivity index (χ4v) is 2.85. The van der Waals surface area contributed by atoms with E-state index in [2.05, 4.69) is 31.8 Å². The van der Waals surface area contributed by atoms with Crippen molar-refractivity contribution in [1.29, 1.82) is 0 Å². The number of fused-ring (bicyclic) bond motifs is 1. The van der Waals surface area contributed by atoms with E-state index in [4.69, 9.17) is 9.15 Å². The van der Waals surface area contributed by atoms with Gasteiger partial charge in [-0.15, -0.1) is 0 Å². The Morgan fingerprint density at radius 3 is 2.83 bits per heavy atom. The van der Waals surface area contributed by atoms with Gasteiger partial charge in [0, 0.05) is 17.1 Å². The highest BCUT2D eigenvalue weighted by Gasteiger charge is 2.14. The van der Waals surface area contributed by atoms with Gasteiger partial charge in [0.25, 0.3) is 0 Å². The molecule has 4 heteroatoms. The van der Waals surface area contributed by atoms with Gasteiger partial charge in [0.05, 0.1) is 18.4 Å². The third kappa shape index (κ3) is 3.48. The fourth-order valence-electron chi connectivity index (χ4n) is 2.85. The summed E-state index contributed by atoms with van der Waals surface area (Å²) in [7, 11) is 0. The maximum atomic E-state index is 12.1. The standard InChI is InChI=1S/C20H21NO3/c1-13(2)17-10-18-15(11-23-19(18)8-14(17)3)9-20(22)24-12-16-6-4-5-7-21-16/h4-8,10-11,13H,9,12H2,1-3H3. The summed E-state index contributed by atoms with van der Waals surface area (Å²) in [6.07, 6.45) is 3.53. The number of aryl methyl sites for hydroxylation is 1. The highest BCUT2D eigenvalue weighted by molar-refractivity contribution is 5.87. The molecule has 0 bridgehead atoms. The van der Waals surface area contributed by atoms with Gasteiger partial charge < -0.3 is 9.15 Å². The molecule has 0 spiro atoms. The molecule has 0 aliphatic carbocycles. The van der Waals surface area contributed by atoms with Gasteiger partial charge in [0.15, 0.2) is 0 Å². The van der Waals surface area contributed by atoms with Crippen LogP contribution >= 0.6 is 0 Å². The van der Waals surface area contributed by atoms with Crippen molar-refractivity contribution in [2.24, 2.45) is 0 Å². The second-order valence-corrected chi connectivity index (χ2v) is 6.28. The van der Waals surface area contributed by atoms with Gasteiger partial charge in [-0.1, -0.05) is 19.9 Å². The first-order valence-corrected chi connectivity index (χ1v) is 8.10. The van der Waals surface area contributed by atoms with Crippen molar-refractivity contribution in [3.8, 4) is 0 Å². The number of esters is 1. The van der Waals surface area contributed by atoms with Crippen molar-refractivity contribution in [2.75, 3.05) is 0 Å². The van der Waals surface area contributed by atoms with E-state index in [0.29, 0.717) is 5.92 Å². The van der Waals surface area contributed by atoms with E-state index in [0.717, 1.165) is 22.2 Å². The minimum Gasteiger partial charge on any atom is -0.464 e. The van der Waals surface area contributed by atoms with Crippen LogP contribution < -0.4 is 0 Å². The lowest BCUT2D eigenvalue weighted by Crippen LogP contribution is -2.08. The SMILES string of the molecule is Cc1cc2occ(CC(=O)OCc3ccccn3)c2cc1C(C)C. The van der Waals surface area contributed by atoms with Gasteiger partial charge in [-0.25, -0.2) is 0 Å². The van der Waals surface area contributed by atoms with E-state index in [9.17, 15) is 4.79 Å². The van der Waals surface area contributed by atoms with Crippen LogP contribution in [0.4, 0.5) is 0 Å². The molecule has 0 unspecified atom stereocenters. The molecule has 0 saturated heterocycles. The maximum Gasteiger partial charge on any atom is 0.310 e. The number of benzene rings is 1. The fraction of sp³-hybridized carbons (Fsp3) is 0.300. The number of hydrogen-bond donors (Lipinski definition) is 0. The number of carbonyl (C=O) groups excluding carboxylic acids is 1. The van der Waals surface area contributed by atoms with Gasteiger partial charge in [0.1, 0.15) is 12.2 Å². The second kappa shape index (κ2) is 6.87. The Morgan fingerprint density at radius 2 is 2.12 bits per heavy atom. The lowest BCUT2D eigenvalue weighted by atomic mass is 9.95. The second-order valence-electron chi connectivity index (χ2n) is 6.28. The summed E-state index contributed by atoms with van der Waals surface area (Å²) in [6.45, 7) is 6.59. The molecule has 2 heterocycles. The molecule has 1 aromatic carbocycles. The Balaban J connectivity index is 1.75. The molecule has 4 nitrogen and oxygen atoms in total. The first kappa shape index (κ1) is 16.2. The Kier molecular flexibility index (Phi) is 4.65. The quantitative estimate of drug-likeness (QED) is 0.647. The van der Waals surface area contributed by atoms with Crippen LogP contribution in [0.2, 0.25) is 0 Å². The van der Waals surface area contributed by atoms with E-state index in [1.807, 2.05) is 24.3 Å². The monoisotopic (exact) mass is 323 g/mol. The van der Waals surface area contributed by atoms with Gasteiger partial charge in [-0.3, -0.25) is 9.78 Å². The van der Waals surface area contributed by atoms with Crippen molar-refractivity contribution >= 4 is 16.9 Å². The molecule has 0 atom stereocenters. The molecule has 2 aromatic heterocycles. The number of hydrogen-bond acceptors (Lipinski definition) is 4. The smallest absolute Gasteiger partial charge is 0.310 e. The predicted molar refractivity (Wildman–Crippen MR) is 92.8 cm³/mol. The largest absolute Gasteiger partial charge is 0.464 e. The van der Waals surface area contributed by atoms with E-state index in [1.165, 1.54) is 11.1 Å². The molecule has 0 amide bonds. The van der Waals surface area contributed by atoms with Crippen LogP contribution in [0.5, 0.6) is 0 Å². The van der Waals surface area contributed by atoms with Crippen molar-refractivity contribution in [3.63, 3.8) is 0 Å². The van der Waals surface area contributed by atoms with Crippen LogP contribution in [-0.4, -0.2) is 11.0 Å². The summed E-state index contributed by atoms with van der Waals surface area (Å²) in [5.41, 5.74) is 4.88. The first-order chi connectivity index (χ1) is 11.5. The van der Waals surface area contributed by atoms with Crippen molar-refractivity contribution in [3.05, 3.63) is 65.2 Å². The van der Waals surface area contributed by atoms with Crippen LogP contribution in [-0.2, 0) is 22.6 Å². The Bertz CT molecular complexity index is 850. The Hall–Kier alpha value is -2.62. The molecule has 0 radical (unpaired) electrons. The molecule has 0 aliphatic heterocycles. The summed E-state index contributed by atoms with van der Waals surface area (Å²) < 4.78 is 10.9. The number of nitrogens with zero attached hydrogens (tertiary/aromatic N) is 1. The molecule has 0 aliphatic rings. The molecule has 0 N–H and O–H groups in total. The molecule has 0 saturated carbocycles. The summed E-state index contributed by atoms with van der Waals surface area (Å²) in [4.78, 5) is 16.3. The van der Waals surface area contributed by atoms with E-state index >= 15 is 0 Å². The van der Waals surface area contributed by atoms with Crippen molar-refractivity contribution < 1.29 is 13.9 Å². The molecule has 24 heavy (non-hydrogen) atoms. The van der Waals surface area contributed by atoms with Gasteiger partial charge >= 0.3 is 5.97 Å². The van der Waals surface area contributed by atoms with Crippen LogP contribution in [0.15, 0.2) is 47.2 Å². The van der Waals surface area contributed by atoms with Gasteiger partial charge in [-0.05, 0) is 48.2 Å². The van der Waals surface area contributed by atoms with E-state index in [1.54, 1.807) is 12.5 Å². The average molecular weight is 323 g/mol. The van der Waals surface area contributed by atoms with Gasteiger partial charge in [-0.2, -0.15) is 0 Å². The molecular weight excluding hydrogens is 302 g/mol. The molecule has 3 aromatic rings. The average Bonchev–Trinajstić information content (AvgIpc) is 2.94. The zero-order chi connectivity index (χ0) is 17.1.